The molecule has 31 heavy (non-hydrogen) atoms. The topological polar surface area (TPSA) is 56.5 Å². The number of aromatic nitrogens is 3. The van der Waals surface area contributed by atoms with E-state index in [0.717, 1.165) is 4.52 Å². The SMILES string of the molecule is CCOC(=O)c1cnc2c(-c3ccc(Cl)cc3)c(C(F)(F)F)nn2c1-c1ccccc1. The van der Waals surface area contributed by atoms with Crippen molar-refractivity contribution >= 4 is 23.2 Å². The summed E-state index contributed by atoms with van der Waals surface area (Å²) >= 11 is 5.90. The van der Waals surface area contributed by atoms with Crippen LogP contribution in [0.3, 0.4) is 0 Å². The van der Waals surface area contributed by atoms with E-state index >= 15 is 0 Å². The molecular formula is C22H15ClF3N3O2. The van der Waals surface area contributed by atoms with E-state index in [4.69, 9.17) is 16.3 Å². The van der Waals surface area contributed by atoms with Crippen molar-refractivity contribution < 1.29 is 22.7 Å². The zero-order chi connectivity index (χ0) is 22.2. The molecule has 9 heteroatoms. The van der Waals surface area contributed by atoms with Gasteiger partial charge in [0.15, 0.2) is 11.3 Å². The summed E-state index contributed by atoms with van der Waals surface area (Å²) in [7, 11) is 0. The normalized spacial score (nSPS) is 11.6. The molecule has 2 heterocycles. The fraction of sp³-hybridized carbons (Fsp3) is 0.136. The number of esters is 1. The molecule has 0 N–H and O–H groups in total. The Kier molecular flexibility index (Phi) is 5.41. The van der Waals surface area contributed by atoms with Gasteiger partial charge >= 0.3 is 12.1 Å². The number of hydrogen-bond donors (Lipinski definition) is 0. The average molecular weight is 446 g/mol. The first-order valence-corrected chi connectivity index (χ1v) is 9.66. The quantitative estimate of drug-likeness (QED) is 0.366. The Bertz CT molecular complexity index is 1250. The highest BCUT2D eigenvalue weighted by molar-refractivity contribution is 6.30. The van der Waals surface area contributed by atoms with Crippen LogP contribution in [0, 0.1) is 0 Å². The van der Waals surface area contributed by atoms with Gasteiger partial charge in [-0.2, -0.15) is 18.3 Å². The molecule has 0 bridgehead atoms. The minimum atomic E-state index is -4.75. The number of carbonyl (C=O) groups excluding carboxylic acids is 1. The van der Waals surface area contributed by atoms with E-state index in [2.05, 4.69) is 10.1 Å². The maximum Gasteiger partial charge on any atom is 0.435 e. The Morgan fingerprint density at radius 1 is 1.06 bits per heavy atom. The van der Waals surface area contributed by atoms with Gasteiger partial charge in [0.2, 0.25) is 0 Å². The Morgan fingerprint density at radius 2 is 1.74 bits per heavy atom. The summed E-state index contributed by atoms with van der Waals surface area (Å²) < 4.78 is 48.0. The molecule has 0 unspecified atom stereocenters. The molecule has 0 amide bonds. The molecule has 0 saturated heterocycles. The van der Waals surface area contributed by atoms with Gasteiger partial charge in [0.25, 0.3) is 0 Å². The molecule has 0 saturated carbocycles. The maximum atomic E-state index is 13.9. The lowest BCUT2D eigenvalue weighted by molar-refractivity contribution is -0.140. The van der Waals surface area contributed by atoms with Gasteiger partial charge in [0, 0.05) is 16.8 Å². The summed E-state index contributed by atoms with van der Waals surface area (Å²) in [5.74, 6) is -0.701. The Hall–Kier alpha value is -3.39. The number of carbonyl (C=O) groups is 1. The smallest absolute Gasteiger partial charge is 0.435 e. The van der Waals surface area contributed by atoms with Gasteiger partial charge in [0.05, 0.1) is 17.9 Å². The Balaban J connectivity index is 2.10. The number of rotatable bonds is 4. The van der Waals surface area contributed by atoms with Gasteiger partial charge in [-0.3, -0.25) is 0 Å². The largest absolute Gasteiger partial charge is 0.462 e. The van der Waals surface area contributed by atoms with Gasteiger partial charge in [-0.1, -0.05) is 54.1 Å². The van der Waals surface area contributed by atoms with E-state index in [0.29, 0.717) is 10.6 Å². The highest BCUT2D eigenvalue weighted by Crippen LogP contribution is 2.40. The number of fused-ring (bicyclic) bond motifs is 1. The van der Waals surface area contributed by atoms with Crippen LogP contribution in [0.2, 0.25) is 5.02 Å². The third-order valence-corrected chi connectivity index (χ3v) is 4.84. The highest BCUT2D eigenvalue weighted by atomic mass is 35.5. The van der Waals surface area contributed by atoms with Crippen LogP contribution < -0.4 is 0 Å². The number of alkyl halides is 3. The van der Waals surface area contributed by atoms with Gasteiger partial charge in [-0.05, 0) is 24.6 Å². The highest BCUT2D eigenvalue weighted by Gasteiger charge is 2.39. The number of halogens is 4. The van der Waals surface area contributed by atoms with Gasteiger partial charge < -0.3 is 4.74 Å². The monoisotopic (exact) mass is 445 g/mol. The molecule has 0 aliphatic carbocycles. The predicted molar refractivity (Wildman–Crippen MR) is 110 cm³/mol. The molecule has 0 radical (unpaired) electrons. The molecule has 4 rings (SSSR count). The number of ether oxygens (including phenoxy) is 1. The molecule has 0 atom stereocenters. The van der Waals surface area contributed by atoms with E-state index in [-0.39, 0.29) is 34.6 Å². The molecule has 0 aliphatic heterocycles. The van der Waals surface area contributed by atoms with E-state index in [1.165, 1.54) is 30.5 Å². The fourth-order valence-electron chi connectivity index (χ4n) is 3.30. The summed E-state index contributed by atoms with van der Waals surface area (Å²) in [4.78, 5) is 16.7. The van der Waals surface area contributed by atoms with Crippen molar-refractivity contribution in [3.05, 3.63) is 77.1 Å². The summed E-state index contributed by atoms with van der Waals surface area (Å²) in [6.45, 7) is 1.74. The maximum absolute atomic E-state index is 13.9. The summed E-state index contributed by atoms with van der Waals surface area (Å²) in [5, 5.41) is 4.24. The van der Waals surface area contributed by atoms with Crippen LogP contribution in [0.1, 0.15) is 23.0 Å². The molecule has 2 aromatic heterocycles. The fourth-order valence-corrected chi connectivity index (χ4v) is 3.42. The van der Waals surface area contributed by atoms with Gasteiger partial charge in [0.1, 0.15) is 5.56 Å². The molecule has 158 valence electrons. The van der Waals surface area contributed by atoms with Crippen molar-refractivity contribution in [1.82, 2.24) is 14.6 Å². The first kappa shape index (κ1) is 20.9. The first-order chi connectivity index (χ1) is 14.8. The molecule has 5 nitrogen and oxygen atoms in total. The van der Waals surface area contributed by atoms with Crippen LogP contribution in [-0.4, -0.2) is 27.2 Å². The van der Waals surface area contributed by atoms with Crippen LogP contribution in [0.4, 0.5) is 13.2 Å². The van der Waals surface area contributed by atoms with Crippen LogP contribution in [0.15, 0.2) is 60.8 Å². The Labute approximate surface area is 180 Å². The third kappa shape index (κ3) is 3.86. The average Bonchev–Trinajstić information content (AvgIpc) is 3.14. The third-order valence-electron chi connectivity index (χ3n) is 4.59. The van der Waals surface area contributed by atoms with Gasteiger partial charge in [-0.25, -0.2) is 14.3 Å². The number of benzene rings is 2. The zero-order valence-corrected chi connectivity index (χ0v) is 16.9. The van der Waals surface area contributed by atoms with Crippen LogP contribution >= 0.6 is 11.6 Å². The van der Waals surface area contributed by atoms with E-state index in [9.17, 15) is 18.0 Å². The van der Waals surface area contributed by atoms with Crippen molar-refractivity contribution in [3.63, 3.8) is 0 Å². The molecule has 0 fully saturated rings. The lowest BCUT2D eigenvalue weighted by atomic mass is 10.0. The molecule has 2 aromatic carbocycles. The molecular weight excluding hydrogens is 431 g/mol. The lowest BCUT2D eigenvalue weighted by Crippen LogP contribution is -2.11. The van der Waals surface area contributed by atoms with Gasteiger partial charge in [-0.15, -0.1) is 0 Å². The second-order valence-electron chi connectivity index (χ2n) is 6.57. The van der Waals surface area contributed by atoms with E-state index < -0.39 is 17.8 Å². The molecule has 0 aliphatic rings. The zero-order valence-electron chi connectivity index (χ0n) is 16.2. The minimum Gasteiger partial charge on any atom is -0.462 e. The van der Waals surface area contributed by atoms with Crippen molar-refractivity contribution in [2.75, 3.05) is 6.61 Å². The molecule has 4 aromatic rings. The van der Waals surface area contributed by atoms with Crippen LogP contribution in [-0.2, 0) is 10.9 Å². The predicted octanol–water partition coefficient (Wildman–Crippen LogP) is 5.91. The van der Waals surface area contributed by atoms with Crippen LogP contribution in [0.5, 0.6) is 0 Å². The van der Waals surface area contributed by atoms with E-state index in [1.54, 1.807) is 37.3 Å². The number of nitrogens with zero attached hydrogens (tertiary/aromatic N) is 3. The summed E-state index contributed by atoms with van der Waals surface area (Å²) in [6.07, 6.45) is -3.53. The minimum absolute atomic E-state index is 0.0134. The summed E-state index contributed by atoms with van der Waals surface area (Å²) in [6, 6.07) is 14.5. The first-order valence-electron chi connectivity index (χ1n) is 9.28. The van der Waals surface area contributed by atoms with E-state index in [1.807, 2.05) is 0 Å². The number of hydrogen-bond acceptors (Lipinski definition) is 4. The van der Waals surface area contributed by atoms with Crippen LogP contribution in [0.25, 0.3) is 28.0 Å². The lowest BCUT2D eigenvalue weighted by Gasteiger charge is -2.11. The van der Waals surface area contributed by atoms with Crippen molar-refractivity contribution in [2.24, 2.45) is 0 Å². The Morgan fingerprint density at radius 3 is 2.35 bits per heavy atom. The van der Waals surface area contributed by atoms with Crippen molar-refractivity contribution in [1.29, 1.82) is 0 Å². The second kappa shape index (κ2) is 8.03. The molecule has 0 spiro atoms. The van der Waals surface area contributed by atoms with Crippen molar-refractivity contribution in [2.45, 2.75) is 13.1 Å². The van der Waals surface area contributed by atoms with Crippen molar-refractivity contribution in [3.8, 4) is 22.4 Å². The standard InChI is InChI=1S/C22H15ClF3N3O2/c1-2-31-21(30)16-12-27-20-17(13-8-10-15(23)11-9-13)19(22(24,25)26)28-29(20)18(16)14-6-4-3-5-7-14/h3-12H,2H2,1H3. The second-order valence-corrected chi connectivity index (χ2v) is 7.01. The summed E-state index contributed by atoms with van der Waals surface area (Å²) in [5.41, 5.74) is -0.424.